The average molecular weight is 166 g/mol. The summed E-state index contributed by atoms with van der Waals surface area (Å²) in [4.78, 5) is 0. The van der Waals surface area contributed by atoms with E-state index in [0.717, 1.165) is 0 Å². The Balaban J connectivity index is 3.15. The van der Waals surface area contributed by atoms with Crippen molar-refractivity contribution in [3.63, 3.8) is 0 Å². The third kappa shape index (κ3) is 1.46. The van der Waals surface area contributed by atoms with Crippen molar-refractivity contribution in [3.05, 3.63) is 42.2 Å². The first-order valence-corrected chi connectivity index (χ1v) is 3.59. The van der Waals surface area contributed by atoms with Crippen molar-refractivity contribution in [2.24, 2.45) is 5.73 Å². The number of hydrogen-bond donors (Lipinski definition) is 2. The monoisotopic (exact) mass is 166 g/mol. The van der Waals surface area contributed by atoms with Crippen LogP contribution in [0.25, 0.3) is 0 Å². The fourth-order valence-corrected chi connectivity index (χ4v) is 0.971. The van der Waals surface area contributed by atoms with E-state index < -0.39 is 11.9 Å². The predicted molar refractivity (Wildman–Crippen MR) is 47.9 cm³/mol. The average Bonchev–Trinajstić information content (AvgIpc) is 2.08. The first-order chi connectivity index (χ1) is 5.66. The number of para-hydroxylation sites is 1. The summed E-state index contributed by atoms with van der Waals surface area (Å²) >= 11 is 0. The van der Waals surface area contributed by atoms with Gasteiger partial charge in [0.25, 0.3) is 0 Å². The molecule has 1 aromatic rings. The smallest absolute Gasteiger partial charge is 0.146 e. The van der Waals surface area contributed by atoms with Gasteiger partial charge in [0.1, 0.15) is 5.82 Å². The lowest BCUT2D eigenvalue weighted by atomic mass is 10.1. The Morgan fingerprint density at radius 2 is 2.17 bits per heavy atom. The molecule has 12 heavy (non-hydrogen) atoms. The van der Waals surface area contributed by atoms with Crippen molar-refractivity contribution >= 4 is 5.69 Å². The minimum absolute atomic E-state index is 0.102. The van der Waals surface area contributed by atoms with Crippen LogP contribution in [-0.4, -0.2) is 0 Å². The van der Waals surface area contributed by atoms with E-state index in [2.05, 4.69) is 6.58 Å². The summed E-state index contributed by atoms with van der Waals surface area (Å²) in [7, 11) is 0. The van der Waals surface area contributed by atoms with Crippen LogP contribution in [0.1, 0.15) is 11.6 Å². The molecule has 4 N–H and O–H groups in total. The van der Waals surface area contributed by atoms with Crippen molar-refractivity contribution in [1.29, 1.82) is 0 Å². The van der Waals surface area contributed by atoms with E-state index in [1.54, 1.807) is 12.1 Å². The quantitative estimate of drug-likeness (QED) is 0.518. The maximum absolute atomic E-state index is 12.9. The molecule has 0 fully saturated rings. The highest BCUT2D eigenvalue weighted by Crippen LogP contribution is 2.21. The molecule has 0 spiro atoms. The van der Waals surface area contributed by atoms with Gasteiger partial charge in [-0.3, -0.25) is 0 Å². The third-order valence-corrected chi connectivity index (χ3v) is 1.70. The zero-order valence-electron chi connectivity index (χ0n) is 6.63. The van der Waals surface area contributed by atoms with Crippen LogP contribution in [0.3, 0.4) is 0 Å². The number of hydrogen-bond acceptors (Lipinski definition) is 2. The maximum Gasteiger partial charge on any atom is 0.146 e. The SMILES string of the molecule is C=CC(N)c1cccc(F)c1N. The Labute approximate surface area is 70.7 Å². The molecule has 1 unspecified atom stereocenters. The second-order valence-electron chi connectivity index (χ2n) is 2.50. The molecule has 2 nitrogen and oxygen atoms in total. The number of nitrogens with two attached hydrogens (primary N) is 2. The van der Waals surface area contributed by atoms with E-state index in [1.807, 2.05) is 0 Å². The molecule has 0 amide bonds. The molecule has 0 aliphatic carbocycles. The van der Waals surface area contributed by atoms with Crippen LogP contribution in [0.5, 0.6) is 0 Å². The van der Waals surface area contributed by atoms with Gasteiger partial charge in [0.05, 0.1) is 5.69 Å². The molecule has 0 radical (unpaired) electrons. The zero-order chi connectivity index (χ0) is 9.14. The topological polar surface area (TPSA) is 52.0 Å². The molecule has 1 atom stereocenters. The number of rotatable bonds is 2. The summed E-state index contributed by atoms with van der Waals surface area (Å²) < 4.78 is 12.9. The Hall–Kier alpha value is -1.35. The van der Waals surface area contributed by atoms with Crippen LogP contribution in [0.15, 0.2) is 30.9 Å². The Morgan fingerprint density at radius 1 is 1.50 bits per heavy atom. The van der Waals surface area contributed by atoms with Crippen LogP contribution in [0.2, 0.25) is 0 Å². The lowest BCUT2D eigenvalue weighted by molar-refractivity contribution is 0.629. The van der Waals surface area contributed by atoms with Crippen LogP contribution < -0.4 is 11.5 Å². The van der Waals surface area contributed by atoms with E-state index in [1.165, 1.54) is 12.1 Å². The highest BCUT2D eigenvalue weighted by atomic mass is 19.1. The highest BCUT2D eigenvalue weighted by molar-refractivity contribution is 5.50. The van der Waals surface area contributed by atoms with Crippen molar-refractivity contribution in [3.8, 4) is 0 Å². The standard InChI is InChI=1S/C9H11FN2/c1-2-8(11)6-4-3-5-7(10)9(6)12/h2-5,8H,1,11-12H2. The van der Waals surface area contributed by atoms with Gasteiger partial charge in [-0.25, -0.2) is 4.39 Å². The van der Waals surface area contributed by atoms with E-state index in [4.69, 9.17) is 11.5 Å². The van der Waals surface area contributed by atoms with E-state index in [0.29, 0.717) is 5.56 Å². The minimum atomic E-state index is -0.440. The van der Waals surface area contributed by atoms with Gasteiger partial charge in [0.2, 0.25) is 0 Å². The molecule has 0 saturated carbocycles. The summed E-state index contributed by atoms with van der Waals surface area (Å²) in [6.07, 6.45) is 1.52. The molecular formula is C9H11FN2. The summed E-state index contributed by atoms with van der Waals surface area (Å²) in [5.74, 6) is -0.440. The number of halogens is 1. The van der Waals surface area contributed by atoms with Gasteiger partial charge in [-0.1, -0.05) is 18.2 Å². The molecular weight excluding hydrogens is 155 g/mol. The molecule has 0 bridgehead atoms. The predicted octanol–water partition coefficient (Wildman–Crippen LogP) is 1.59. The Kier molecular flexibility index (Phi) is 2.45. The van der Waals surface area contributed by atoms with Gasteiger partial charge in [0, 0.05) is 6.04 Å². The maximum atomic E-state index is 12.9. The van der Waals surface area contributed by atoms with Crippen LogP contribution in [0.4, 0.5) is 10.1 Å². The van der Waals surface area contributed by atoms with Crippen molar-refractivity contribution < 1.29 is 4.39 Å². The second kappa shape index (κ2) is 3.36. The zero-order valence-corrected chi connectivity index (χ0v) is 6.63. The molecule has 64 valence electrons. The lowest BCUT2D eigenvalue weighted by Gasteiger charge is -2.09. The molecule has 0 saturated heterocycles. The number of nitrogen functional groups attached to an aromatic ring is 1. The summed E-state index contributed by atoms with van der Waals surface area (Å²) in [5, 5.41) is 0. The van der Waals surface area contributed by atoms with E-state index in [-0.39, 0.29) is 5.69 Å². The van der Waals surface area contributed by atoms with Crippen molar-refractivity contribution in [2.45, 2.75) is 6.04 Å². The number of benzene rings is 1. The fourth-order valence-electron chi connectivity index (χ4n) is 0.971. The summed E-state index contributed by atoms with van der Waals surface area (Å²) in [6.45, 7) is 3.50. The molecule has 1 rings (SSSR count). The molecule has 0 heterocycles. The van der Waals surface area contributed by atoms with Crippen LogP contribution in [0, 0.1) is 5.82 Å². The molecule has 1 aromatic carbocycles. The van der Waals surface area contributed by atoms with Gasteiger partial charge in [-0.2, -0.15) is 0 Å². The van der Waals surface area contributed by atoms with Gasteiger partial charge in [0.15, 0.2) is 0 Å². The summed E-state index contributed by atoms with van der Waals surface area (Å²) in [5.41, 5.74) is 11.7. The Bertz CT molecular complexity index is 297. The van der Waals surface area contributed by atoms with Crippen LogP contribution >= 0.6 is 0 Å². The third-order valence-electron chi connectivity index (χ3n) is 1.70. The van der Waals surface area contributed by atoms with Crippen LogP contribution in [-0.2, 0) is 0 Å². The minimum Gasteiger partial charge on any atom is -0.396 e. The normalized spacial score (nSPS) is 12.5. The van der Waals surface area contributed by atoms with Gasteiger partial charge >= 0.3 is 0 Å². The number of anilines is 1. The molecule has 0 aliphatic heterocycles. The van der Waals surface area contributed by atoms with E-state index >= 15 is 0 Å². The molecule has 0 aliphatic rings. The van der Waals surface area contributed by atoms with Gasteiger partial charge in [-0.05, 0) is 11.6 Å². The van der Waals surface area contributed by atoms with Gasteiger partial charge < -0.3 is 11.5 Å². The molecule has 3 heteroatoms. The summed E-state index contributed by atoms with van der Waals surface area (Å²) in [6, 6.07) is 4.16. The van der Waals surface area contributed by atoms with Gasteiger partial charge in [-0.15, -0.1) is 6.58 Å². The lowest BCUT2D eigenvalue weighted by Crippen LogP contribution is -2.10. The van der Waals surface area contributed by atoms with E-state index in [9.17, 15) is 4.39 Å². The second-order valence-corrected chi connectivity index (χ2v) is 2.50. The van der Waals surface area contributed by atoms with Crippen molar-refractivity contribution in [2.75, 3.05) is 5.73 Å². The molecule has 0 aromatic heterocycles. The Morgan fingerprint density at radius 3 is 2.75 bits per heavy atom. The fraction of sp³-hybridized carbons (Fsp3) is 0.111. The van der Waals surface area contributed by atoms with Crippen molar-refractivity contribution in [1.82, 2.24) is 0 Å². The highest BCUT2D eigenvalue weighted by Gasteiger charge is 2.08. The first-order valence-electron chi connectivity index (χ1n) is 3.59. The largest absolute Gasteiger partial charge is 0.396 e. The first kappa shape index (κ1) is 8.74.